The van der Waals surface area contributed by atoms with Crippen LogP contribution in [0.15, 0.2) is 0 Å². The van der Waals surface area contributed by atoms with E-state index in [1.54, 1.807) is 0 Å². The lowest BCUT2D eigenvalue weighted by Crippen LogP contribution is -2.45. The van der Waals surface area contributed by atoms with Gasteiger partial charge in [0.25, 0.3) is 0 Å². The molecular weight excluding hydrogens is 198 g/mol. The van der Waals surface area contributed by atoms with Gasteiger partial charge >= 0.3 is 0 Å². The summed E-state index contributed by atoms with van der Waals surface area (Å²) >= 11 is 0. The number of hydrogen-bond donors (Lipinski definition) is 2. The summed E-state index contributed by atoms with van der Waals surface area (Å²) in [6.45, 7) is 3.00. The summed E-state index contributed by atoms with van der Waals surface area (Å²) in [7, 11) is 0. The molecule has 3 N–H and O–H groups in total. The van der Waals surface area contributed by atoms with Crippen molar-refractivity contribution in [2.45, 2.75) is 64.4 Å². The van der Waals surface area contributed by atoms with Gasteiger partial charge in [0.1, 0.15) is 0 Å². The van der Waals surface area contributed by atoms with Crippen LogP contribution >= 0.6 is 0 Å². The van der Waals surface area contributed by atoms with E-state index in [4.69, 9.17) is 5.73 Å². The van der Waals surface area contributed by atoms with Gasteiger partial charge in [0.05, 0.1) is 6.10 Å². The molecule has 2 aliphatic carbocycles. The molecule has 2 fully saturated rings. The van der Waals surface area contributed by atoms with Gasteiger partial charge in [-0.3, -0.25) is 0 Å². The van der Waals surface area contributed by atoms with Crippen molar-refractivity contribution in [2.75, 3.05) is 6.54 Å². The molecule has 16 heavy (non-hydrogen) atoms. The van der Waals surface area contributed by atoms with E-state index in [0.29, 0.717) is 12.5 Å². The van der Waals surface area contributed by atoms with Crippen molar-refractivity contribution in [3.63, 3.8) is 0 Å². The Morgan fingerprint density at radius 3 is 2.50 bits per heavy atom. The van der Waals surface area contributed by atoms with Crippen LogP contribution in [0.25, 0.3) is 0 Å². The Bertz CT molecular complexity index is 223. The highest BCUT2D eigenvalue weighted by molar-refractivity contribution is 4.95. The normalized spacial score (nSPS) is 36.2. The fraction of sp³-hybridized carbons (Fsp3) is 1.00. The predicted octanol–water partition coefficient (Wildman–Crippen LogP) is 2.69. The molecule has 2 rings (SSSR count). The zero-order valence-electron chi connectivity index (χ0n) is 10.6. The highest BCUT2D eigenvalue weighted by Gasteiger charge is 2.43. The van der Waals surface area contributed by atoms with Gasteiger partial charge in [-0.25, -0.2) is 0 Å². The average Bonchev–Trinajstić information content (AvgIpc) is 2.78. The predicted molar refractivity (Wildman–Crippen MR) is 67.1 cm³/mol. The molecular formula is C14H27NO. The summed E-state index contributed by atoms with van der Waals surface area (Å²) in [6.07, 6.45) is 9.75. The SMILES string of the molecule is CC1CCCC(C(O)C2(CN)CCCC2)C1. The van der Waals surface area contributed by atoms with Crippen molar-refractivity contribution >= 4 is 0 Å². The van der Waals surface area contributed by atoms with Gasteiger partial charge in [-0.15, -0.1) is 0 Å². The first-order chi connectivity index (χ1) is 7.68. The lowest BCUT2D eigenvalue weighted by Gasteiger charge is -2.40. The van der Waals surface area contributed by atoms with Crippen LogP contribution in [0.1, 0.15) is 58.3 Å². The Morgan fingerprint density at radius 1 is 1.25 bits per heavy atom. The highest BCUT2D eigenvalue weighted by atomic mass is 16.3. The molecule has 0 amide bonds. The fourth-order valence-corrected chi connectivity index (χ4v) is 3.97. The van der Waals surface area contributed by atoms with E-state index in [1.165, 1.54) is 38.5 Å². The van der Waals surface area contributed by atoms with E-state index in [-0.39, 0.29) is 11.5 Å². The van der Waals surface area contributed by atoms with Crippen LogP contribution in [-0.2, 0) is 0 Å². The monoisotopic (exact) mass is 225 g/mol. The molecule has 2 aliphatic rings. The van der Waals surface area contributed by atoms with Crippen LogP contribution in [0.4, 0.5) is 0 Å². The molecule has 0 radical (unpaired) electrons. The first-order valence-electron chi connectivity index (χ1n) is 7.06. The molecule has 0 aromatic heterocycles. The maximum Gasteiger partial charge on any atom is 0.0636 e. The maximum absolute atomic E-state index is 10.7. The molecule has 0 bridgehead atoms. The molecule has 3 unspecified atom stereocenters. The Morgan fingerprint density at radius 2 is 1.94 bits per heavy atom. The fourth-order valence-electron chi connectivity index (χ4n) is 3.97. The maximum atomic E-state index is 10.7. The molecule has 2 saturated carbocycles. The second kappa shape index (κ2) is 5.05. The third-order valence-electron chi connectivity index (χ3n) is 5.06. The van der Waals surface area contributed by atoms with E-state index < -0.39 is 0 Å². The van der Waals surface area contributed by atoms with Crippen LogP contribution in [0.2, 0.25) is 0 Å². The van der Waals surface area contributed by atoms with Gasteiger partial charge in [-0.2, -0.15) is 0 Å². The van der Waals surface area contributed by atoms with E-state index >= 15 is 0 Å². The summed E-state index contributed by atoms with van der Waals surface area (Å²) < 4.78 is 0. The molecule has 0 saturated heterocycles. The minimum Gasteiger partial charge on any atom is -0.392 e. The first kappa shape index (κ1) is 12.4. The van der Waals surface area contributed by atoms with Crippen molar-refractivity contribution in [3.05, 3.63) is 0 Å². The van der Waals surface area contributed by atoms with Gasteiger partial charge in [0.15, 0.2) is 0 Å². The van der Waals surface area contributed by atoms with Crippen molar-refractivity contribution in [2.24, 2.45) is 23.0 Å². The summed E-state index contributed by atoms with van der Waals surface area (Å²) in [5.74, 6) is 1.31. The van der Waals surface area contributed by atoms with E-state index in [9.17, 15) is 5.11 Å². The molecule has 0 aromatic rings. The summed E-state index contributed by atoms with van der Waals surface area (Å²) in [5.41, 5.74) is 6.02. The van der Waals surface area contributed by atoms with Gasteiger partial charge < -0.3 is 10.8 Å². The van der Waals surface area contributed by atoms with Crippen molar-refractivity contribution in [1.82, 2.24) is 0 Å². The second-order valence-electron chi connectivity index (χ2n) is 6.25. The van der Waals surface area contributed by atoms with E-state index in [2.05, 4.69) is 6.92 Å². The average molecular weight is 225 g/mol. The highest BCUT2D eigenvalue weighted by Crippen LogP contribution is 2.45. The lowest BCUT2D eigenvalue weighted by molar-refractivity contribution is -0.0294. The third-order valence-corrected chi connectivity index (χ3v) is 5.06. The molecule has 2 nitrogen and oxygen atoms in total. The molecule has 0 aromatic carbocycles. The first-order valence-corrected chi connectivity index (χ1v) is 7.06. The number of aliphatic hydroxyl groups excluding tert-OH is 1. The van der Waals surface area contributed by atoms with Crippen LogP contribution in [0, 0.1) is 17.3 Å². The van der Waals surface area contributed by atoms with Crippen LogP contribution < -0.4 is 5.73 Å². The Balaban J connectivity index is 2.01. The summed E-state index contributed by atoms with van der Waals surface area (Å²) in [6, 6.07) is 0. The van der Waals surface area contributed by atoms with Crippen LogP contribution in [0.3, 0.4) is 0 Å². The number of hydrogen-bond acceptors (Lipinski definition) is 2. The summed E-state index contributed by atoms with van der Waals surface area (Å²) in [4.78, 5) is 0. The molecule has 0 spiro atoms. The Labute approximate surface area is 99.6 Å². The number of nitrogens with two attached hydrogens (primary N) is 1. The summed E-state index contributed by atoms with van der Waals surface area (Å²) in [5, 5.41) is 10.7. The zero-order valence-corrected chi connectivity index (χ0v) is 10.6. The van der Waals surface area contributed by atoms with Crippen molar-refractivity contribution in [3.8, 4) is 0 Å². The topological polar surface area (TPSA) is 46.2 Å². The van der Waals surface area contributed by atoms with E-state index in [0.717, 1.165) is 18.8 Å². The number of aliphatic hydroxyl groups is 1. The molecule has 0 heterocycles. The van der Waals surface area contributed by atoms with Gasteiger partial charge in [-0.1, -0.05) is 32.6 Å². The van der Waals surface area contributed by atoms with Crippen LogP contribution in [-0.4, -0.2) is 17.8 Å². The molecule has 3 atom stereocenters. The Kier molecular flexibility index (Phi) is 3.91. The molecule has 0 aliphatic heterocycles. The zero-order chi connectivity index (χ0) is 11.6. The largest absolute Gasteiger partial charge is 0.392 e. The standard InChI is InChI=1S/C14H27NO/c1-11-5-4-6-12(9-11)13(16)14(10-15)7-2-3-8-14/h11-13,16H,2-10,15H2,1H3. The molecule has 2 heteroatoms. The van der Waals surface area contributed by atoms with Gasteiger partial charge in [0.2, 0.25) is 0 Å². The lowest BCUT2D eigenvalue weighted by atomic mass is 9.69. The molecule has 94 valence electrons. The second-order valence-corrected chi connectivity index (χ2v) is 6.25. The number of rotatable bonds is 3. The van der Waals surface area contributed by atoms with E-state index in [1.807, 2.05) is 0 Å². The quantitative estimate of drug-likeness (QED) is 0.775. The minimum absolute atomic E-state index is 0.0712. The van der Waals surface area contributed by atoms with Gasteiger partial charge in [0, 0.05) is 12.0 Å². The minimum atomic E-state index is -0.136. The van der Waals surface area contributed by atoms with Crippen molar-refractivity contribution < 1.29 is 5.11 Å². The van der Waals surface area contributed by atoms with Crippen molar-refractivity contribution in [1.29, 1.82) is 0 Å². The van der Waals surface area contributed by atoms with Gasteiger partial charge in [-0.05, 0) is 37.5 Å². The Hall–Kier alpha value is -0.0800. The van der Waals surface area contributed by atoms with Crippen LogP contribution in [0.5, 0.6) is 0 Å². The smallest absolute Gasteiger partial charge is 0.0636 e. The third kappa shape index (κ3) is 2.28.